The molecule has 13 heteroatoms. The molecule has 4 rings (SSSR count). The lowest BCUT2D eigenvalue weighted by Gasteiger charge is -2.26. The Labute approximate surface area is 218 Å². The Bertz CT molecular complexity index is 1280. The number of para-hydroxylation sites is 1. The molecule has 0 saturated heterocycles. The number of aliphatic hydroxyl groups excluding tert-OH is 1. The summed E-state index contributed by atoms with van der Waals surface area (Å²) < 4.78 is 0. The maximum atomic E-state index is 13.3. The molecule has 0 spiro atoms. The molecule has 3 atom stereocenters. The molecule has 2 aromatic carbocycles. The van der Waals surface area contributed by atoms with E-state index in [1.807, 2.05) is 18.2 Å². The third kappa shape index (κ3) is 6.37. The fraction of sp³-hybridized carbons (Fsp3) is 0.320. The van der Waals surface area contributed by atoms with Crippen molar-refractivity contribution in [1.29, 1.82) is 0 Å². The van der Waals surface area contributed by atoms with E-state index in [0.717, 1.165) is 11.1 Å². The second kappa shape index (κ2) is 12.1. The molecule has 0 aliphatic carbocycles. The number of fused-ring (bicyclic) bond motifs is 1. The first kappa shape index (κ1) is 26.4. The van der Waals surface area contributed by atoms with E-state index in [0.29, 0.717) is 12.1 Å². The third-order valence-corrected chi connectivity index (χ3v) is 6.06. The number of aromatic amines is 1. The van der Waals surface area contributed by atoms with Gasteiger partial charge in [-0.3, -0.25) is 24.1 Å². The van der Waals surface area contributed by atoms with Gasteiger partial charge in [-0.1, -0.05) is 53.7 Å². The van der Waals surface area contributed by atoms with Crippen molar-refractivity contribution in [2.45, 2.75) is 44.5 Å². The number of nitrogens with one attached hydrogen (secondary N) is 4. The molecule has 0 saturated carbocycles. The van der Waals surface area contributed by atoms with Crippen molar-refractivity contribution in [1.82, 2.24) is 36.6 Å². The molecule has 2 heterocycles. The number of hydrogen-bond acceptors (Lipinski definition) is 8. The number of aliphatic hydroxyl groups is 1. The molecule has 4 amide bonds. The van der Waals surface area contributed by atoms with Crippen LogP contribution in [0, 0.1) is 0 Å². The molecule has 3 aromatic rings. The highest BCUT2D eigenvalue weighted by atomic mass is 16.3. The van der Waals surface area contributed by atoms with Crippen LogP contribution in [0.5, 0.6) is 0 Å². The minimum Gasteiger partial charge on any atom is -0.391 e. The van der Waals surface area contributed by atoms with Gasteiger partial charge in [-0.05, 0) is 24.1 Å². The number of benzene rings is 2. The predicted octanol–water partition coefficient (Wildman–Crippen LogP) is -1.00. The lowest BCUT2D eigenvalue weighted by molar-refractivity contribution is -0.132. The van der Waals surface area contributed by atoms with E-state index in [1.54, 1.807) is 36.4 Å². The number of amides is 4. The van der Waals surface area contributed by atoms with Crippen molar-refractivity contribution >= 4 is 29.3 Å². The molecule has 198 valence electrons. The SMILES string of the molecule is C[C@@H](O)[C@H](NC(=O)Cc1ccccc1)C(=O)NCC(=O)N1c2ccccc2C[C@H]1C(=O)NCc1nn[nH]n1. The van der Waals surface area contributed by atoms with Crippen molar-refractivity contribution in [3.63, 3.8) is 0 Å². The number of nitrogens with zero attached hydrogens (tertiary/aromatic N) is 4. The summed E-state index contributed by atoms with van der Waals surface area (Å²) in [4.78, 5) is 52.8. The number of rotatable bonds is 10. The molecule has 5 N–H and O–H groups in total. The minimum absolute atomic E-state index is 0.0275. The van der Waals surface area contributed by atoms with Gasteiger partial charge in [-0.25, -0.2) is 0 Å². The van der Waals surface area contributed by atoms with E-state index in [-0.39, 0.29) is 18.8 Å². The number of carbonyl (C=O) groups is 4. The number of carbonyl (C=O) groups excluding carboxylic acids is 4. The molecule has 1 aliphatic rings. The molecule has 13 nitrogen and oxygen atoms in total. The van der Waals surface area contributed by atoms with Crippen LogP contribution < -0.4 is 20.9 Å². The molecule has 0 bridgehead atoms. The number of tetrazole rings is 1. The van der Waals surface area contributed by atoms with Gasteiger partial charge in [0, 0.05) is 12.1 Å². The zero-order chi connectivity index (χ0) is 27.1. The van der Waals surface area contributed by atoms with Crippen LogP contribution in [0.2, 0.25) is 0 Å². The summed E-state index contributed by atoms with van der Waals surface area (Å²) in [5.41, 5.74) is 2.12. The molecular formula is C25H28N8O5. The third-order valence-electron chi connectivity index (χ3n) is 6.06. The van der Waals surface area contributed by atoms with Gasteiger partial charge in [0.25, 0.3) is 0 Å². The zero-order valence-corrected chi connectivity index (χ0v) is 20.6. The monoisotopic (exact) mass is 520 g/mol. The van der Waals surface area contributed by atoms with Crippen LogP contribution in [-0.4, -0.2) is 74.1 Å². The van der Waals surface area contributed by atoms with E-state index < -0.39 is 48.4 Å². The molecule has 1 aromatic heterocycles. The van der Waals surface area contributed by atoms with Crippen molar-refractivity contribution in [3.8, 4) is 0 Å². The van der Waals surface area contributed by atoms with Crippen LogP contribution in [0.3, 0.4) is 0 Å². The highest BCUT2D eigenvalue weighted by molar-refractivity contribution is 6.05. The van der Waals surface area contributed by atoms with Gasteiger partial charge in [0.1, 0.15) is 12.1 Å². The van der Waals surface area contributed by atoms with E-state index in [4.69, 9.17) is 0 Å². The number of aromatic nitrogens is 4. The van der Waals surface area contributed by atoms with Crippen molar-refractivity contribution in [2.24, 2.45) is 0 Å². The van der Waals surface area contributed by atoms with Crippen LogP contribution in [0.15, 0.2) is 54.6 Å². The van der Waals surface area contributed by atoms with Gasteiger partial charge in [0.2, 0.25) is 23.6 Å². The first-order chi connectivity index (χ1) is 18.3. The fourth-order valence-electron chi connectivity index (χ4n) is 4.21. The highest BCUT2D eigenvalue weighted by Gasteiger charge is 2.38. The van der Waals surface area contributed by atoms with Crippen LogP contribution in [-0.2, 0) is 38.6 Å². The Hall–Kier alpha value is -4.65. The summed E-state index contributed by atoms with van der Waals surface area (Å²) in [6, 6.07) is 14.0. The average molecular weight is 521 g/mol. The van der Waals surface area contributed by atoms with Crippen LogP contribution in [0.25, 0.3) is 0 Å². The fourth-order valence-corrected chi connectivity index (χ4v) is 4.21. The first-order valence-electron chi connectivity index (χ1n) is 12.0. The highest BCUT2D eigenvalue weighted by Crippen LogP contribution is 2.32. The van der Waals surface area contributed by atoms with Gasteiger partial charge in [0.05, 0.1) is 25.6 Å². The van der Waals surface area contributed by atoms with E-state index >= 15 is 0 Å². The predicted molar refractivity (Wildman–Crippen MR) is 134 cm³/mol. The summed E-state index contributed by atoms with van der Waals surface area (Å²) in [7, 11) is 0. The Morgan fingerprint density at radius 1 is 1.08 bits per heavy atom. The summed E-state index contributed by atoms with van der Waals surface area (Å²) >= 11 is 0. The molecular weight excluding hydrogens is 492 g/mol. The Kier molecular flexibility index (Phi) is 8.38. The van der Waals surface area contributed by atoms with Crippen LogP contribution in [0.1, 0.15) is 23.9 Å². The normalized spacial score (nSPS) is 15.7. The van der Waals surface area contributed by atoms with Crippen molar-refractivity contribution < 1.29 is 24.3 Å². The minimum atomic E-state index is -1.26. The van der Waals surface area contributed by atoms with Crippen LogP contribution >= 0.6 is 0 Å². The summed E-state index contributed by atoms with van der Waals surface area (Å²) in [5.74, 6) is -1.82. The Morgan fingerprint density at radius 3 is 2.53 bits per heavy atom. The van der Waals surface area contributed by atoms with Gasteiger partial charge in [-0.15, -0.1) is 10.2 Å². The topological polar surface area (TPSA) is 182 Å². The lowest BCUT2D eigenvalue weighted by Crippen LogP contribution is -2.55. The maximum Gasteiger partial charge on any atom is 0.247 e. The molecule has 38 heavy (non-hydrogen) atoms. The summed E-state index contributed by atoms with van der Waals surface area (Å²) in [5, 5.41) is 31.2. The quantitative estimate of drug-likeness (QED) is 0.225. The molecule has 1 aliphatic heterocycles. The van der Waals surface area contributed by atoms with Crippen molar-refractivity contribution in [2.75, 3.05) is 11.4 Å². The van der Waals surface area contributed by atoms with Gasteiger partial charge in [0.15, 0.2) is 5.82 Å². The number of hydrogen-bond donors (Lipinski definition) is 5. The summed E-state index contributed by atoms with van der Waals surface area (Å²) in [6.45, 7) is 0.953. The smallest absolute Gasteiger partial charge is 0.247 e. The average Bonchev–Trinajstić information content (AvgIpc) is 3.57. The molecule has 0 fully saturated rings. The second-order valence-corrected chi connectivity index (χ2v) is 8.82. The first-order valence-corrected chi connectivity index (χ1v) is 12.0. The van der Waals surface area contributed by atoms with Crippen molar-refractivity contribution in [3.05, 3.63) is 71.5 Å². The number of anilines is 1. The largest absolute Gasteiger partial charge is 0.391 e. The zero-order valence-electron chi connectivity index (χ0n) is 20.6. The van der Waals surface area contributed by atoms with Gasteiger partial charge in [-0.2, -0.15) is 5.21 Å². The second-order valence-electron chi connectivity index (χ2n) is 8.82. The van der Waals surface area contributed by atoms with E-state index in [9.17, 15) is 24.3 Å². The number of H-pyrrole nitrogens is 1. The Balaban J connectivity index is 1.39. The molecule has 0 radical (unpaired) electrons. The van der Waals surface area contributed by atoms with Gasteiger partial charge >= 0.3 is 0 Å². The summed E-state index contributed by atoms with van der Waals surface area (Å²) in [6.07, 6.45) is -0.887. The maximum absolute atomic E-state index is 13.3. The Morgan fingerprint density at radius 2 is 1.82 bits per heavy atom. The lowest BCUT2D eigenvalue weighted by atomic mass is 10.1. The van der Waals surface area contributed by atoms with E-state index in [1.165, 1.54) is 11.8 Å². The van der Waals surface area contributed by atoms with Crippen LogP contribution in [0.4, 0.5) is 5.69 Å². The standard InChI is InChI=1S/C25H28N8O5/c1-15(34)23(28-21(35)11-16-7-3-2-4-8-16)25(38)27-14-22(36)33-18-10-6-5-9-17(18)12-19(33)24(37)26-13-20-29-31-32-30-20/h2-10,15,19,23,34H,11-14H2,1H3,(H,26,37)(H,27,38)(H,28,35)(H,29,30,31,32)/t15-,19+,23+/m1/s1. The van der Waals surface area contributed by atoms with E-state index in [2.05, 4.69) is 36.6 Å². The molecule has 0 unspecified atom stereocenters. The van der Waals surface area contributed by atoms with Gasteiger partial charge < -0.3 is 21.1 Å².